The Morgan fingerprint density at radius 3 is 1.37 bits per heavy atom. The predicted octanol–water partition coefficient (Wildman–Crippen LogP) is 0.808. The molecule has 0 saturated heterocycles. The van der Waals surface area contributed by atoms with E-state index >= 15 is 0 Å². The third kappa shape index (κ3) is 9.80. The monoisotopic (exact) mass is 414 g/mol. The van der Waals surface area contributed by atoms with Crippen molar-refractivity contribution >= 4 is 0 Å². The van der Waals surface area contributed by atoms with Gasteiger partial charge in [-0.25, -0.2) is 0 Å². The Balaban J connectivity index is 1.46. The number of aliphatic hydroxyl groups excluding tert-OH is 2. The fourth-order valence-electron chi connectivity index (χ4n) is 3.35. The van der Waals surface area contributed by atoms with Crippen molar-refractivity contribution in [3.63, 3.8) is 0 Å². The SMILES string of the molecule is NC(Cc1ccccc1)C(O)CNCCCCNCC(O)C(N)Cc1ccccc1. The first-order valence-corrected chi connectivity index (χ1v) is 10.9. The highest BCUT2D eigenvalue weighted by Gasteiger charge is 2.15. The normalized spacial score (nSPS) is 15.5. The maximum Gasteiger partial charge on any atom is 0.0818 e. The topological polar surface area (TPSA) is 117 Å². The Hall–Kier alpha value is -1.80. The Labute approximate surface area is 180 Å². The third-order valence-electron chi connectivity index (χ3n) is 5.28. The van der Waals surface area contributed by atoms with Gasteiger partial charge in [0.2, 0.25) is 0 Å². The van der Waals surface area contributed by atoms with Crippen molar-refractivity contribution in [1.82, 2.24) is 10.6 Å². The lowest BCUT2D eigenvalue weighted by Gasteiger charge is -2.20. The Morgan fingerprint density at radius 1 is 0.633 bits per heavy atom. The zero-order valence-corrected chi connectivity index (χ0v) is 17.8. The van der Waals surface area contributed by atoms with Gasteiger partial charge in [0.25, 0.3) is 0 Å². The molecule has 0 aromatic heterocycles. The molecule has 2 aromatic carbocycles. The number of unbranched alkanes of at least 4 members (excludes halogenated alkanes) is 1. The maximum absolute atomic E-state index is 10.2. The van der Waals surface area contributed by atoms with Crippen LogP contribution in [0.4, 0.5) is 0 Å². The molecule has 0 spiro atoms. The average molecular weight is 415 g/mol. The molecule has 0 aliphatic rings. The van der Waals surface area contributed by atoms with E-state index in [1.54, 1.807) is 0 Å². The standard InChI is InChI=1S/C24H38N4O2/c25-21(15-19-9-3-1-4-10-19)23(29)17-27-13-7-8-14-28-18-24(30)22(26)16-20-11-5-2-6-12-20/h1-6,9-12,21-24,27-30H,7-8,13-18,25-26H2. The van der Waals surface area contributed by atoms with Crippen molar-refractivity contribution in [3.05, 3.63) is 71.8 Å². The first kappa shape index (κ1) is 24.5. The van der Waals surface area contributed by atoms with Crippen LogP contribution >= 0.6 is 0 Å². The summed E-state index contributed by atoms with van der Waals surface area (Å²) < 4.78 is 0. The van der Waals surface area contributed by atoms with Crippen LogP contribution in [-0.4, -0.2) is 60.7 Å². The third-order valence-corrected chi connectivity index (χ3v) is 5.28. The summed E-state index contributed by atoms with van der Waals surface area (Å²) in [7, 11) is 0. The van der Waals surface area contributed by atoms with Gasteiger partial charge < -0.3 is 32.3 Å². The molecule has 4 atom stereocenters. The molecule has 2 rings (SSSR count). The molecule has 6 heteroatoms. The Morgan fingerprint density at radius 2 is 1.00 bits per heavy atom. The van der Waals surface area contributed by atoms with E-state index in [4.69, 9.17) is 11.5 Å². The molecule has 4 unspecified atom stereocenters. The number of nitrogens with one attached hydrogen (secondary N) is 2. The minimum absolute atomic E-state index is 0.275. The van der Waals surface area contributed by atoms with Crippen LogP contribution in [0.15, 0.2) is 60.7 Å². The molecule has 0 saturated carbocycles. The van der Waals surface area contributed by atoms with Crippen molar-refractivity contribution in [2.75, 3.05) is 26.2 Å². The number of aliphatic hydroxyl groups is 2. The van der Waals surface area contributed by atoms with E-state index in [1.165, 1.54) is 0 Å². The summed E-state index contributed by atoms with van der Waals surface area (Å²) in [5, 5.41) is 26.9. The largest absolute Gasteiger partial charge is 0.390 e. The van der Waals surface area contributed by atoms with Gasteiger partial charge in [-0.3, -0.25) is 0 Å². The summed E-state index contributed by atoms with van der Waals surface area (Å²) in [4.78, 5) is 0. The number of benzene rings is 2. The van der Waals surface area contributed by atoms with Crippen LogP contribution in [0.3, 0.4) is 0 Å². The molecule has 0 radical (unpaired) electrons. The van der Waals surface area contributed by atoms with Crippen LogP contribution in [0.1, 0.15) is 24.0 Å². The summed E-state index contributed by atoms with van der Waals surface area (Å²) in [5.41, 5.74) is 14.5. The molecule has 30 heavy (non-hydrogen) atoms. The number of hydrogen-bond acceptors (Lipinski definition) is 6. The molecule has 0 heterocycles. The van der Waals surface area contributed by atoms with Gasteiger partial charge in [-0.1, -0.05) is 60.7 Å². The summed E-state index contributed by atoms with van der Waals surface area (Å²) in [6, 6.07) is 19.4. The highest BCUT2D eigenvalue weighted by Crippen LogP contribution is 2.05. The van der Waals surface area contributed by atoms with E-state index in [2.05, 4.69) is 10.6 Å². The van der Waals surface area contributed by atoms with Crippen LogP contribution in [0, 0.1) is 0 Å². The van der Waals surface area contributed by atoms with Crippen LogP contribution in [0.2, 0.25) is 0 Å². The molecule has 2 aromatic rings. The van der Waals surface area contributed by atoms with Crippen LogP contribution in [0.25, 0.3) is 0 Å². The van der Waals surface area contributed by atoms with Crippen molar-refractivity contribution in [2.45, 2.75) is 50.0 Å². The van der Waals surface area contributed by atoms with Crippen LogP contribution < -0.4 is 22.1 Å². The summed E-state index contributed by atoms with van der Waals surface area (Å²) in [6.45, 7) is 2.64. The lowest BCUT2D eigenvalue weighted by Crippen LogP contribution is -2.43. The van der Waals surface area contributed by atoms with E-state index < -0.39 is 12.2 Å². The summed E-state index contributed by atoms with van der Waals surface area (Å²) >= 11 is 0. The van der Waals surface area contributed by atoms with Crippen molar-refractivity contribution in [1.29, 1.82) is 0 Å². The second-order valence-corrected chi connectivity index (χ2v) is 7.96. The second kappa shape index (κ2) is 14.2. The molecular weight excluding hydrogens is 376 g/mol. The quantitative estimate of drug-likeness (QED) is 0.240. The molecule has 0 aliphatic carbocycles. The van der Waals surface area contributed by atoms with Gasteiger partial charge >= 0.3 is 0 Å². The number of rotatable bonds is 15. The average Bonchev–Trinajstić information content (AvgIpc) is 2.76. The molecular formula is C24H38N4O2. The van der Waals surface area contributed by atoms with E-state index in [9.17, 15) is 10.2 Å². The molecule has 0 aliphatic heterocycles. The molecule has 0 fully saturated rings. The maximum atomic E-state index is 10.2. The molecule has 166 valence electrons. The minimum Gasteiger partial charge on any atom is -0.390 e. The lowest BCUT2D eigenvalue weighted by atomic mass is 10.0. The zero-order valence-electron chi connectivity index (χ0n) is 17.8. The number of nitrogens with two attached hydrogens (primary N) is 2. The van der Waals surface area contributed by atoms with Gasteiger partial charge in [-0.2, -0.15) is 0 Å². The highest BCUT2D eigenvalue weighted by atomic mass is 16.3. The minimum atomic E-state index is -0.565. The molecule has 6 nitrogen and oxygen atoms in total. The van der Waals surface area contributed by atoms with Crippen LogP contribution in [-0.2, 0) is 12.8 Å². The fourth-order valence-corrected chi connectivity index (χ4v) is 3.35. The van der Waals surface area contributed by atoms with Gasteiger partial charge in [-0.15, -0.1) is 0 Å². The van der Waals surface area contributed by atoms with E-state index in [0.29, 0.717) is 25.9 Å². The first-order valence-electron chi connectivity index (χ1n) is 10.9. The van der Waals surface area contributed by atoms with Crippen molar-refractivity contribution < 1.29 is 10.2 Å². The molecule has 0 amide bonds. The lowest BCUT2D eigenvalue weighted by molar-refractivity contribution is 0.140. The molecule has 0 bridgehead atoms. The van der Waals surface area contributed by atoms with Gasteiger partial charge in [0.15, 0.2) is 0 Å². The zero-order chi connectivity index (χ0) is 21.6. The summed E-state index contributed by atoms with van der Waals surface area (Å²) in [6.07, 6.45) is 2.18. The van der Waals surface area contributed by atoms with E-state index in [1.807, 2.05) is 60.7 Å². The van der Waals surface area contributed by atoms with Gasteiger partial charge in [0.05, 0.1) is 12.2 Å². The first-order chi connectivity index (χ1) is 14.6. The highest BCUT2D eigenvalue weighted by molar-refractivity contribution is 5.17. The van der Waals surface area contributed by atoms with Gasteiger partial charge in [-0.05, 0) is 49.9 Å². The Kier molecular flexibility index (Phi) is 11.6. The Bertz CT molecular complexity index is 612. The van der Waals surface area contributed by atoms with Crippen molar-refractivity contribution in [3.8, 4) is 0 Å². The molecule has 8 N–H and O–H groups in total. The van der Waals surface area contributed by atoms with Gasteiger partial charge in [0.1, 0.15) is 0 Å². The summed E-state index contributed by atoms with van der Waals surface area (Å²) in [5.74, 6) is 0. The van der Waals surface area contributed by atoms with E-state index in [-0.39, 0.29) is 12.1 Å². The fraction of sp³-hybridized carbons (Fsp3) is 0.500. The number of hydrogen-bond donors (Lipinski definition) is 6. The second-order valence-electron chi connectivity index (χ2n) is 7.96. The van der Waals surface area contributed by atoms with Crippen LogP contribution in [0.5, 0.6) is 0 Å². The van der Waals surface area contributed by atoms with E-state index in [0.717, 1.165) is 37.1 Å². The van der Waals surface area contributed by atoms with Gasteiger partial charge in [0, 0.05) is 25.2 Å². The van der Waals surface area contributed by atoms with Crippen molar-refractivity contribution in [2.24, 2.45) is 11.5 Å². The smallest absolute Gasteiger partial charge is 0.0818 e. The predicted molar refractivity (Wildman–Crippen MR) is 123 cm³/mol.